The lowest BCUT2D eigenvalue weighted by molar-refractivity contribution is -0.140. The van der Waals surface area contributed by atoms with Crippen molar-refractivity contribution in [3.63, 3.8) is 0 Å². The fourth-order valence-corrected chi connectivity index (χ4v) is 6.40. The van der Waals surface area contributed by atoms with E-state index in [1.807, 2.05) is 37.3 Å². The minimum Gasteiger partial charge on any atom is -0.495 e. The van der Waals surface area contributed by atoms with Crippen molar-refractivity contribution >= 4 is 27.5 Å². The van der Waals surface area contributed by atoms with Crippen LogP contribution in [0.5, 0.6) is 5.75 Å². The second kappa shape index (κ2) is 15.3. The Morgan fingerprint density at radius 2 is 1.56 bits per heavy atom. The maximum atomic E-state index is 15.0. The summed E-state index contributed by atoms with van der Waals surface area (Å²) < 4.78 is 49.9. The molecule has 1 unspecified atom stereocenters. The molecule has 0 spiro atoms. The fourth-order valence-electron chi connectivity index (χ4n) is 4.96. The fraction of sp³-hybridized carbons (Fsp3) is 0.257. The van der Waals surface area contributed by atoms with Gasteiger partial charge in [0.1, 0.15) is 24.2 Å². The number of hydrogen-bond acceptors (Lipinski definition) is 5. The summed E-state index contributed by atoms with van der Waals surface area (Å²) in [6.07, 6.45) is 0.803. The number of nitrogens with one attached hydrogen (secondary N) is 1. The van der Waals surface area contributed by atoms with Crippen LogP contribution in [0.25, 0.3) is 0 Å². The van der Waals surface area contributed by atoms with Crippen molar-refractivity contribution in [1.29, 1.82) is 0 Å². The Morgan fingerprint density at radius 3 is 2.20 bits per heavy atom. The molecule has 1 N–H and O–H groups in total. The number of anilines is 1. The quantitative estimate of drug-likeness (QED) is 0.198. The van der Waals surface area contributed by atoms with E-state index in [9.17, 15) is 18.0 Å². The van der Waals surface area contributed by atoms with Crippen LogP contribution in [0.2, 0.25) is 0 Å². The maximum Gasteiger partial charge on any atom is 0.264 e. The Hall–Kier alpha value is -4.70. The molecule has 0 saturated heterocycles. The summed E-state index contributed by atoms with van der Waals surface area (Å²) in [5, 5.41) is 2.88. The minimum absolute atomic E-state index is 0.0245. The van der Waals surface area contributed by atoms with E-state index in [1.165, 1.54) is 30.2 Å². The molecule has 236 valence electrons. The van der Waals surface area contributed by atoms with E-state index in [-0.39, 0.29) is 34.9 Å². The van der Waals surface area contributed by atoms with Crippen LogP contribution in [0.3, 0.4) is 0 Å². The largest absolute Gasteiger partial charge is 0.495 e. The highest BCUT2D eigenvalue weighted by atomic mass is 32.2. The molecule has 0 radical (unpaired) electrons. The highest BCUT2D eigenvalue weighted by molar-refractivity contribution is 7.92. The number of sulfonamides is 1. The van der Waals surface area contributed by atoms with Crippen LogP contribution in [-0.2, 0) is 32.6 Å². The number of ether oxygens (including phenoxy) is 1. The molecule has 8 nitrogen and oxygen atoms in total. The standard InChI is InChI=1S/C35H38FN3O5S/c1-4-21-37-35(41)32(23-27-13-7-5-8-14-27)38(24-28-15-11-12-18-30(28)36)34(40)25-39(31-22-26(2)19-20-33(31)44-3)45(42,43)29-16-9-6-10-17-29/h5-20,22,32H,4,21,23-25H2,1-3H3,(H,37,41). The first kappa shape index (κ1) is 33.2. The van der Waals surface area contributed by atoms with Crippen LogP contribution in [0.1, 0.15) is 30.0 Å². The number of benzene rings is 4. The number of methoxy groups -OCH3 is 1. The van der Waals surface area contributed by atoms with Crippen LogP contribution in [0.15, 0.2) is 108 Å². The summed E-state index contributed by atoms with van der Waals surface area (Å²) in [7, 11) is -2.88. The molecule has 0 fully saturated rings. The van der Waals surface area contributed by atoms with Crippen molar-refractivity contribution in [3.8, 4) is 5.75 Å². The van der Waals surface area contributed by atoms with E-state index in [0.29, 0.717) is 13.0 Å². The van der Waals surface area contributed by atoms with E-state index < -0.39 is 40.2 Å². The lowest BCUT2D eigenvalue weighted by Crippen LogP contribution is -2.53. The summed E-state index contributed by atoms with van der Waals surface area (Å²) in [4.78, 5) is 29.4. The number of carbonyl (C=O) groups is 2. The third kappa shape index (κ3) is 8.27. The minimum atomic E-state index is -4.30. The Kier molecular flexibility index (Phi) is 11.3. The van der Waals surface area contributed by atoms with Crippen molar-refractivity contribution in [2.24, 2.45) is 0 Å². The molecule has 0 aliphatic carbocycles. The number of nitrogens with zero attached hydrogens (tertiary/aromatic N) is 2. The zero-order valence-corrected chi connectivity index (χ0v) is 26.5. The summed E-state index contributed by atoms with van der Waals surface area (Å²) in [5.74, 6) is -1.41. The predicted octanol–water partition coefficient (Wildman–Crippen LogP) is 5.50. The van der Waals surface area contributed by atoms with Crippen LogP contribution in [0, 0.1) is 12.7 Å². The summed E-state index contributed by atoms with van der Waals surface area (Å²) in [6.45, 7) is 3.16. The van der Waals surface area contributed by atoms with Crippen LogP contribution >= 0.6 is 0 Å². The first-order valence-electron chi connectivity index (χ1n) is 14.7. The molecular formula is C35H38FN3O5S. The van der Waals surface area contributed by atoms with Crippen molar-refractivity contribution < 1.29 is 27.1 Å². The third-order valence-electron chi connectivity index (χ3n) is 7.33. The van der Waals surface area contributed by atoms with Crippen molar-refractivity contribution in [2.75, 3.05) is 24.5 Å². The topological polar surface area (TPSA) is 96.0 Å². The van der Waals surface area contributed by atoms with Gasteiger partial charge in [0.05, 0.1) is 17.7 Å². The van der Waals surface area contributed by atoms with Crippen molar-refractivity contribution in [2.45, 2.75) is 44.2 Å². The Bertz CT molecular complexity index is 1700. The molecular weight excluding hydrogens is 593 g/mol. The summed E-state index contributed by atoms with van der Waals surface area (Å²) in [5.41, 5.74) is 1.89. The zero-order valence-electron chi connectivity index (χ0n) is 25.6. The van der Waals surface area contributed by atoms with Gasteiger partial charge in [-0.1, -0.05) is 79.7 Å². The first-order chi connectivity index (χ1) is 21.6. The molecule has 1 atom stereocenters. The summed E-state index contributed by atoms with van der Waals surface area (Å²) in [6, 6.07) is 27.0. The zero-order chi connectivity index (χ0) is 32.4. The first-order valence-corrected chi connectivity index (χ1v) is 16.2. The Balaban J connectivity index is 1.85. The molecule has 4 rings (SSSR count). The Labute approximate surface area is 264 Å². The van der Waals surface area contributed by atoms with E-state index in [2.05, 4.69) is 5.32 Å². The highest BCUT2D eigenvalue weighted by Gasteiger charge is 2.35. The average molecular weight is 632 g/mol. The van der Waals surface area contributed by atoms with E-state index >= 15 is 4.39 Å². The molecule has 4 aromatic rings. The average Bonchev–Trinajstić information content (AvgIpc) is 3.05. The van der Waals surface area contributed by atoms with Gasteiger partial charge in [-0.2, -0.15) is 0 Å². The van der Waals surface area contributed by atoms with Gasteiger partial charge in [0.25, 0.3) is 10.0 Å². The summed E-state index contributed by atoms with van der Waals surface area (Å²) >= 11 is 0. The van der Waals surface area contributed by atoms with Crippen molar-refractivity contribution in [3.05, 3.63) is 126 Å². The van der Waals surface area contributed by atoms with E-state index in [1.54, 1.807) is 61.5 Å². The van der Waals surface area contributed by atoms with Gasteiger partial charge in [-0.25, -0.2) is 12.8 Å². The number of halogens is 1. The van der Waals surface area contributed by atoms with Gasteiger partial charge in [-0.05, 0) is 54.8 Å². The van der Waals surface area contributed by atoms with Crippen molar-refractivity contribution in [1.82, 2.24) is 10.2 Å². The van der Waals surface area contributed by atoms with Gasteiger partial charge in [0.2, 0.25) is 11.8 Å². The van der Waals surface area contributed by atoms with Crippen LogP contribution < -0.4 is 14.4 Å². The lowest BCUT2D eigenvalue weighted by Gasteiger charge is -2.34. The highest BCUT2D eigenvalue weighted by Crippen LogP contribution is 2.34. The molecule has 0 heterocycles. The van der Waals surface area contributed by atoms with E-state index in [0.717, 1.165) is 15.4 Å². The second-order valence-electron chi connectivity index (χ2n) is 10.6. The third-order valence-corrected chi connectivity index (χ3v) is 9.11. The number of aryl methyl sites for hydroxylation is 1. The van der Waals surface area contributed by atoms with Gasteiger partial charge < -0.3 is 15.0 Å². The van der Waals surface area contributed by atoms with Crippen LogP contribution in [-0.4, -0.2) is 51.4 Å². The smallest absolute Gasteiger partial charge is 0.264 e. The van der Waals surface area contributed by atoms with Gasteiger partial charge in [0.15, 0.2) is 0 Å². The van der Waals surface area contributed by atoms with Gasteiger partial charge in [-0.15, -0.1) is 0 Å². The molecule has 0 aliphatic rings. The van der Waals surface area contributed by atoms with Gasteiger partial charge >= 0.3 is 0 Å². The van der Waals surface area contributed by atoms with Gasteiger partial charge in [-0.3, -0.25) is 13.9 Å². The molecule has 0 bridgehead atoms. The molecule has 0 saturated carbocycles. The van der Waals surface area contributed by atoms with Crippen LogP contribution in [0.4, 0.5) is 10.1 Å². The Morgan fingerprint density at radius 1 is 0.911 bits per heavy atom. The molecule has 2 amide bonds. The van der Waals surface area contributed by atoms with E-state index in [4.69, 9.17) is 4.74 Å². The molecule has 0 aromatic heterocycles. The second-order valence-corrected chi connectivity index (χ2v) is 12.5. The molecule has 0 aliphatic heterocycles. The number of carbonyl (C=O) groups excluding carboxylic acids is 2. The van der Waals surface area contributed by atoms with Gasteiger partial charge in [0, 0.05) is 25.1 Å². The molecule has 45 heavy (non-hydrogen) atoms. The predicted molar refractivity (Wildman–Crippen MR) is 173 cm³/mol. The SMILES string of the molecule is CCCNC(=O)C(Cc1ccccc1)N(Cc1ccccc1F)C(=O)CN(c1cc(C)ccc1OC)S(=O)(=O)c1ccccc1. The normalized spacial score (nSPS) is 11.8. The molecule has 10 heteroatoms. The maximum absolute atomic E-state index is 15.0. The monoisotopic (exact) mass is 631 g/mol. The number of amides is 2. The molecule has 4 aromatic carbocycles. The number of hydrogen-bond donors (Lipinski definition) is 1. The lowest BCUT2D eigenvalue weighted by atomic mass is 10.0. The number of rotatable bonds is 14.